The molecule has 0 aliphatic heterocycles. The summed E-state index contributed by atoms with van der Waals surface area (Å²) in [5.74, 6) is 0.333. The summed E-state index contributed by atoms with van der Waals surface area (Å²) in [7, 11) is 1.85. The fourth-order valence-electron chi connectivity index (χ4n) is 2.98. The third-order valence-corrected chi connectivity index (χ3v) is 4.69. The molecule has 3 rings (SSSR count). The Hall–Kier alpha value is -1.38. The Balaban J connectivity index is 1.97. The molecular weight excluding hydrogens is 285 g/mol. The van der Waals surface area contributed by atoms with E-state index in [0.717, 1.165) is 5.56 Å². The molecule has 1 aliphatic carbocycles. The zero-order chi connectivity index (χ0) is 14.8. The Labute approximate surface area is 130 Å². The van der Waals surface area contributed by atoms with Crippen molar-refractivity contribution < 1.29 is 4.39 Å². The number of benzene rings is 2. The zero-order valence-corrected chi connectivity index (χ0v) is 12.8. The molecule has 1 N–H and O–H groups in total. The summed E-state index contributed by atoms with van der Waals surface area (Å²) in [6.07, 6.45) is 3.84. The largest absolute Gasteiger partial charge is 0.309 e. The summed E-state index contributed by atoms with van der Waals surface area (Å²) in [4.78, 5) is 0. The summed E-state index contributed by atoms with van der Waals surface area (Å²) >= 11 is 5.91. The first kappa shape index (κ1) is 14.6. The first-order valence-corrected chi connectivity index (χ1v) is 7.79. The second kappa shape index (κ2) is 6.17. The van der Waals surface area contributed by atoms with E-state index >= 15 is 0 Å². The van der Waals surface area contributed by atoms with Crippen LogP contribution in [0.4, 0.5) is 4.39 Å². The highest BCUT2D eigenvalue weighted by molar-refractivity contribution is 6.30. The van der Waals surface area contributed by atoms with Crippen molar-refractivity contribution in [2.45, 2.75) is 31.2 Å². The van der Waals surface area contributed by atoms with Gasteiger partial charge < -0.3 is 5.32 Å². The van der Waals surface area contributed by atoms with Gasteiger partial charge in [-0.25, -0.2) is 4.39 Å². The lowest BCUT2D eigenvalue weighted by Crippen LogP contribution is -2.19. The van der Waals surface area contributed by atoms with Crippen LogP contribution in [0.2, 0.25) is 5.02 Å². The fourth-order valence-corrected chi connectivity index (χ4v) is 3.16. The van der Waals surface area contributed by atoms with Gasteiger partial charge in [-0.2, -0.15) is 0 Å². The summed E-state index contributed by atoms with van der Waals surface area (Å²) in [6.45, 7) is 0. The molecule has 1 aliphatic rings. The normalized spacial score (nSPS) is 16.5. The molecular formula is C18H19ClFN. The molecule has 0 radical (unpaired) electrons. The molecule has 1 unspecified atom stereocenters. The maximum absolute atomic E-state index is 14.3. The molecule has 2 aromatic carbocycles. The van der Waals surface area contributed by atoms with E-state index in [9.17, 15) is 4.39 Å². The lowest BCUT2D eigenvalue weighted by molar-refractivity contribution is 0.419. The van der Waals surface area contributed by atoms with Gasteiger partial charge in [-0.1, -0.05) is 54.4 Å². The Kier molecular flexibility index (Phi) is 4.27. The second-order valence-corrected chi connectivity index (χ2v) is 6.07. The summed E-state index contributed by atoms with van der Waals surface area (Å²) in [5.41, 5.74) is 3.04. The van der Waals surface area contributed by atoms with Crippen LogP contribution in [0.5, 0.6) is 0 Å². The van der Waals surface area contributed by atoms with Crippen LogP contribution < -0.4 is 5.32 Å². The number of rotatable bonds is 4. The van der Waals surface area contributed by atoms with Gasteiger partial charge in [-0.15, -0.1) is 0 Å². The SMILES string of the molecule is CNC(c1cccc(C2CCC2)c1)c1cccc(Cl)c1F. The van der Waals surface area contributed by atoms with Gasteiger partial charge in [0.05, 0.1) is 11.1 Å². The molecule has 0 bridgehead atoms. The maximum atomic E-state index is 14.3. The summed E-state index contributed by atoms with van der Waals surface area (Å²) in [6, 6.07) is 13.5. The van der Waals surface area contributed by atoms with Gasteiger partial charge in [0.25, 0.3) is 0 Å². The zero-order valence-electron chi connectivity index (χ0n) is 12.1. The van der Waals surface area contributed by atoms with E-state index in [0.29, 0.717) is 11.5 Å². The minimum Gasteiger partial charge on any atom is -0.309 e. The predicted molar refractivity (Wildman–Crippen MR) is 85.3 cm³/mol. The molecule has 1 saturated carbocycles. The van der Waals surface area contributed by atoms with E-state index in [1.807, 2.05) is 13.1 Å². The molecule has 0 saturated heterocycles. The molecule has 21 heavy (non-hydrogen) atoms. The minimum atomic E-state index is -0.340. The van der Waals surface area contributed by atoms with E-state index in [2.05, 4.69) is 23.5 Å². The highest BCUT2D eigenvalue weighted by Crippen LogP contribution is 2.37. The lowest BCUT2D eigenvalue weighted by Gasteiger charge is -2.27. The molecule has 0 spiro atoms. The maximum Gasteiger partial charge on any atom is 0.146 e. The minimum absolute atomic E-state index is 0.169. The van der Waals surface area contributed by atoms with E-state index in [1.54, 1.807) is 18.2 Å². The van der Waals surface area contributed by atoms with Crippen molar-refractivity contribution in [3.05, 3.63) is 70.0 Å². The number of nitrogens with one attached hydrogen (secondary N) is 1. The third kappa shape index (κ3) is 2.83. The van der Waals surface area contributed by atoms with Gasteiger partial charge in [0.1, 0.15) is 5.82 Å². The van der Waals surface area contributed by atoms with Gasteiger partial charge in [0, 0.05) is 5.56 Å². The molecule has 0 aromatic heterocycles. The smallest absolute Gasteiger partial charge is 0.146 e. The number of hydrogen-bond acceptors (Lipinski definition) is 1. The van der Waals surface area contributed by atoms with Crippen LogP contribution in [-0.2, 0) is 0 Å². The molecule has 1 nitrogen and oxygen atoms in total. The standard InChI is InChI=1S/C18H19ClFN/c1-21-18(15-9-4-10-16(19)17(15)20)14-8-3-7-13(11-14)12-5-2-6-12/h3-4,7-12,18,21H,2,5-6H2,1H3. The monoisotopic (exact) mass is 303 g/mol. The number of halogens is 2. The van der Waals surface area contributed by atoms with Gasteiger partial charge in [0.2, 0.25) is 0 Å². The van der Waals surface area contributed by atoms with E-state index < -0.39 is 0 Å². The van der Waals surface area contributed by atoms with E-state index in [-0.39, 0.29) is 16.9 Å². The van der Waals surface area contributed by atoms with Crippen LogP contribution in [0.1, 0.15) is 47.9 Å². The fraction of sp³-hybridized carbons (Fsp3) is 0.333. The lowest BCUT2D eigenvalue weighted by atomic mass is 9.79. The van der Waals surface area contributed by atoms with Crippen molar-refractivity contribution in [1.29, 1.82) is 0 Å². The van der Waals surface area contributed by atoms with Crippen LogP contribution in [0.25, 0.3) is 0 Å². The average Bonchev–Trinajstić information content (AvgIpc) is 2.43. The van der Waals surface area contributed by atoms with Crippen molar-refractivity contribution in [2.75, 3.05) is 7.05 Å². The van der Waals surface area contributed by atoms with Crippen molar-refractivity contribution in [3.8, 4) is 0 Å². The quantitative estimate of drug-likeness (QED) is 0.833. The first-order valence-electron chi connectivity index (χ1n) is 7.41. The van der Waals surface area contributed by atoms with Crippen molar-refractivity contribution in [3.63, 3.8) is 0 Å². The van der Waals surface area contributed by atoms with Crippen molar-refractivity contribution in [1.82, 2.24) is 5.32 Å². The topological polar surface area (TPSA) is 12.0 Å². The van der Waals surface area contributed by atoms with Gasteiger partial charge in [-0.3, -0.25) is 0 Å². The highest BCUT2D eigenvalue weighted by atomic mass is 35.5. The number of hydrogen-bond donors (Lipinski definition) is 1. The van der Waals surface area contributed by atoms with Gasteiger partial charge >= 0.3 is 0 Å². The van der Waals surface area contributed by atoms with Gasteiger partial charge in [0.15, 0.2) is 0 Å². The van der Waals surface area contributed by atoms with E-state index in [1.165, 1.54) is 24.8 Å². The van der Waals surface area contributed by atoms with Crippen LogP contribution in [0.15, 0.2) is 42.5 Å². The summed E-state index contributed by atoms with van der Waals surface area (Å²) < 4.78 is 14.3. The second-order valence-electron chi connectivity index (χ2n) is 5.66. The molecule has 3 heteroatoms. The Morgan fingerprint density at radius 1 is 1.19 bits per heavy atom. The van der Waals surface area contributed by atoms with Gasteiger partial charge in [-0.05, 0) is 43.0 Å². The third-order valence-electron chi connectivity index (χ3n) is 4.40. The van der Waals surface area contributed by atoms with Crippen molar-refractivity contribution in [2.24, 2.45) is 0 Å². The first-order chi connectivity index (χ1) is 10.2. The Morgan fingerprint density at radius 3 is 2.62 bits per heavy atom. The molecule has 0 amide bonds. The average molecular weight is 304 g/mol. The predicted octanol–water partition coefficient (Wildman–Crippen LogP) is 5.06. The van der Waals surface area contributed by atoms with Crippen molar-refractivity contribution >= 4 is 11.6 Å². The molecule has 110 valence electrons. The van der Waals surface area contributed by atoms with Crippen LogP contribution in [0.3, 0.4) is 0 Å². The highest BCUT2D eigenvalue weighted by Gasteiger charge is 2.22. The molecule has 0 heterocycles. The Morgan fingerprint density at radius 2 is 1.95 bits per heavy atom. The molecule has 1 atom stereocenters. The van der Waals surface area contributed by atoms with Crippen LogP contribution in [0, 0.1) is 5.82 Å². The van der Waals surface area contributed by atoms with E-state index in [4.69, 9.17) is 11.6 Å². The van der Waals surface area contributed by atoms with Crippen LogP contribution in [-0.4, -0.2) is 7.05 Å². The molecule has 2 aromatic rings. The molecule has 1 fully saturated rings. The Bertz CT molecular complexity index is 637. The summed E-state index contributed by atoms with van der Waals surface area (Å²) in [5, 5.41) is 3.38. The van der Waals surface area contributed by atoms with Crippen LogP contribution >= 0.6 is 11.6 Å².